The normalized spacial score (nSPS) is 20.6. The largest absolute Gasteiger partial charge is 0.451 e. The van der Waals surface area contributed by atoms with E-state index >= 15 is 0 Å². The molecule has 2 heterocycles. The van der Waals surface area contributed by atoms with Gasteiger partial charge in [0.2, 0.25) is 5.82 Å². The standard InChI is InChI=1S/C15H20F3N5O/c1-19-14(3-2-4-14)11-9-10(21-13(22-11)15(16,17)18)12(24)23-7-5-20-6-8-23/h9,19-20H,2-8H2,1H3. The van der Waals surface area contributed by atoms with Crippen LogP contribution in [0.5, 0.6) is 0 Å². The minimum Gasteiger partial charge on any atom is -0.335 e. The molecule has 2 N–H and O–H groups in total. The number of carbonyl (C=O) groups is 1. The molecule has 1 aromatic heterocycles. The number of nitrogens with one attached hydrogen (secondary N) is 2. The number of halogens is 3. The molecule has 6 nitrogen and oxygen atoms in total. The van der Waals surface area contributed by atoms with Crippen LogP contribution in [0.15, 0.2) is 6.07 Å². The van der Waals surface area contributed by atoms with Gasteiger partial charge in [0.05, 0.1) is 11.2 Å². The number of piperazine rings is 1. The van der Waals surface area contributed by atoms with Crippen molar-refractivity contribution in [2.45, 2.75) is 31.0 Å². The molecule has 3 rings (SSSR count). The zero-order chi connectivity index (χ0) is 17.4. The van der Waals surface area contributed by atoms with Gasteiger partial charge in [-0.3, -0.25) is 4.79 Å². The smallest absolute Gasteiger partial charge is 0.335 e. The molecule has 1 aliphatic carbocycles. The van der Waals surface area contributed by atoms with Crippen LogP contribution in [0.4, 0.5) is 13.2 Å². The summed E-state index contributed by atoms with van der Waals surface area (Å²) in [4.78, 5) is 21.3. The lowest BCUT2D eigenvalue weighted by Crippen LogP contribution is -2.48. The van der Waals surface area contributed by atoms with E-state index in [9.17, 15) is 18.0 Å². The predicted molar refractivity (Wildman–Crippen MR) is 80.4 cm³/mol. The quantitative estimate of drug-likeness (QED) is 0.861. The first kappa shape index (κ1) is 17.1. The Hall–Kier alpha value is -1.74. The number of rotatable bonds is 3. The average molecular weight is 343 g/mol. The van der Waals surface area contributed by atoms with Crippen LogP contribution in [0.3, 0.4) is 0 Å². The van der Waals surface area contributed by atoms with Gasteiger partial charge in [-0.25, -0.2) is 9.97 Å². The Morgan fingerprint density at radius 2 is 1.96 bits per heavy atom. The van der Waals surface area contributed by atoms with Gasteiger partial charge >= 0.3 is 6.18 Å². The van der Waals surface area contributed by atoms with Gasteiger partial charge in [-0.2, -0.15) is 13.2 Å². The van der Waals surface area contributed by atoms with Crippen LogP contribution in [0.2, 0.25) is 0 Å². The summed E-state index contributed by atoms with van der Waals surface area (Å²) in [6.07, 6.45) is -2.39. The van der Waals surface area contributed by atoms with E-state index in [1.807, 2.05) is 0 Å². The summed E-state index contributed by atoms with van der Waals surface area (Å²) in [5.74, 6) is -1.73. The highest BCUT2D eigenvalue weighted by atomic mass is 19.4. The second kappa shape index (κ2) is 6.29. The Balaban J connectivity index is 2.00. The SMILES string of the molecule is CNC1(c2cc(C(=O)N3CCNCC3)nc(C(F)(F)F)n2)CCC1. The molecule has 0 atom stereocenters. The lowest BCUT2D eigenvalue weighted by atomic mass is 9.74. The summed E-state index contributed by atoms with van der Waals surface area (Å²) in [6, 6.07) is 1.41. The number of carbonyl (C=O) groups excluding carboxylic acids is 1. The van der Waals surface area contributed by atoms with Gasteiger partial charge in [0, 0.05) is 26.2 Å². The summed E-state index contributed by atoms with van der Waals surface area (Å²) in [7, 11) is 1.70. The van der Waals surface area contributed by atoms with Crippen molar-refractivity contribution in [3.05, 3.63) is 23.3 Å². The highest BCUT2D eigenvalue weighted by Crippen LogP contribution is 2.41. The highest BCUT2D eigenvalue weighted by molar-refractivity contribution is 5.92. The highest BCUT2D eigenvalue weighted by Gasteiger charge is 2.43. The van der Waals surface area contributed by atoms with Gasteiger partial charge in [0.15, 0.2) is 0 Å². The number of amides is 1. The first-order chi connectivity index (χ1) is 11.4. The van der Waals surface area contributed by atoms with E-state index in [1.54, 1.807) is 7.05 Å². The summed E-state index contributed by atoms with van der Waals surface area (Å²) in [5, 5.41) is 6.17. The summed E-state index contributed by atoms with van der Waals surface area (Å²) >= 11 is 0. The second-order valence-corrected chi connectivity index (χ2v) is 6.19. The fourth-order valence-corrected chi connectivity index (χ4v) is 3.12. The Kier molecular flexibility index (Phi) is 4.48. The molecule has 1 aromatic rings. The second-order valence-electron chi connectivity index (χ2n) is 6.19. The molecule has 0 bridgehead atoms. The maximum absolute atomic E-state index is 13.2. The predicted octanol–water partition coefficient (Wildman–Crippen LogP) is 1.14. The number of alkyl halides is 3. The number of nitrogens with zero attached hydrogens (tertiary/aromatic N) is 3. The number of hydrogen-bond donors (Lipinski definition) is 2. The molecule has 0 spiro atoms. The molecule has 1 saturated carbocycles. The molecule has 1 aliphatic heterocycles. The van der Waals surface area contributed by atoms with Crippen LogP contribution in [0.25, 0.3) is 0 Å². The number of aromatic nitrogens is 2. The van der Waals surface area contributed by atoms with Gasteiger partial charge in [-0.15, -0.1) is 0 Å². The minimum atomic E-state index is -4.69. The van der Waals surface area contributed by atoms with Crippen LogP contribution in [-0.2, 0) is 11.7 Å². The maximum atomic E-state index is 13.2. The molecule has 9 heteroatoms. The topological polar surface area (TPSA) is 70.2 Å². The summed E-state index contributed by atoms with van der Waals surface area (Å²) in [6.45, 7) is 2.15. The lowest BCUT2D eigenvalue weighted by molar-refractivity contribution is -0.145. The third kappa shape index (κ3) is 3.10. The molecule has 0 unspecified atom stereocenters. The Bertz CT molecular complexity index is 619. The van der Waals surface area contributed by atoms with Crippen LogP contribution >= 0.6 is 0 Å². The van der Waals surface area contributed by atoms with Crippen molar-refractivity contribution in [1.29, 1.82) is 0 Å². The van der Waals surface area contributed by atoms with Gasteiger partial charge in [-0.1, -0.05) is 0 Å². The first-order valence-electron chi connectivity index (χ1n) is 8.01. The van der Waals surface area contributed by atoms with Crippen molar-refractivity contribution in [2.24, 2.45) is 0 Å². The van der Waals surface area contributed by atoms with E-state index in [4.69, 9.17) is 0 Å². The Morgan fingerprint density at radius 3 is 2.46 bits per heavy atom. The maximum Gasteiger partial charge on any atom is 0.451 e. The molecule has 132 valence electrons. The van der Waals surface area contributed by atoms with Gasteiger partial charge in [-0.05, 0) is 32.4 Å². The van der Waals surface area contributed by atoms with Crippen molar-refractivity contribution in [2.75, 3.05) is 33.2 Å². The fraction of sp³-hybridized carbons (Fsp3) is 0.667. The van der Waals surface area contributed by atoms with Crippen LogP contribution in [-0.4, -0.2) is 54.0 Å². The summed E-state index contributed by atoms with van der Waals surface area (Å²) in [5.41, 5.74) is -0.533. The molecular formula is C15H20F3N5O. The van der Waals surface area contributed by atoms with Crippen molar-refractivity contribution < 1.29 is 18.0 Å². The van der Waals surface area contributed by atoms with Crippen molar-refractivity contribution >= 4 is 5.91 Å². The molecule has 2 aliphatic rings. The molecule has 2 fully saturated rings. The van der Waals surface area contributed by atoms with Crippen molar-refractivity contribution in [3.63, 3.8) is 0 Å². The molecule has 1 saturated heterocycles. The van der Waals surface area contributed by atoms with E-state index in [2.05, 4.69) is 20.6 Å². The van der Waals surface area contributed by atoms with E-state index in [0.717, 1.165) is 6.42 Å². The average Bonchev–Trinajstić information content (AvgIpc) is 2.53. The molecule has 0 aromatic carbocycles. The molecule has 0 radical (unpaired) electrons. The zero-order valence-electron chi connectivity index (χ0n) is 13.4. The van der Waals surface area contributed by atoms with E-state index in [-0.39, 0.29) is 11.4 Å². The lowest BCUT2D eigenvalue weighted by Gasteiger charge is -2.41. The van der Waals surface area contributed by atoms with Gasteiger partial charge < -0.3 is 15.5 Å². The van der Waals surface area contributed by atoms with E-state index in [1.165, 1.54) is 11.0 Å². The minimum absolute atomic E-state index is 0.184. The third-order valence-corrected chi connectivity index (χ3v) is 4.78. The monoisotopic (exact) mass is 343 g/mol. The third-order valence-electron chi connectivity index (χ3n) is 4.78. The zero-order valence-corrected chi connectivity index (χ0v) is 13.4. The number of hydrogen-bond acceptors (Lipinski definition) is 5. The van der Waals surface area contributed by atoms with Gasteiger partial charge in [0.1, 0.15) is 5.69 Å². The Labute approximate surface area is 137 Å². The van der Waals surface area contributed by atoms with Crippen LogP contribution in [0, 0.1) is 0 Å². The molecular weight excluding hydrogens is 323 g/mol. The first-order valence-corrected chi connectivity index (χ1v) is 8.01. The molecule has 1 amide bonds. The fourth-order valence-electron chi connectivity index (χ4n) is 3.12. The van der Waals surface area contributed by atoms with Crippen LogP contribution in [0.1, 0.15) is 41.3 Å². The Morgan fingerprint density at radius 1 is 1.29 bits per heavy atom. The molecule has 24 heavy (non-hydrogen) atoms. The van der Waals surface area contributed by atoms with Gasteiger partial charge in [0.25, 0.3) is 5.91 Å². The van der Waals surface area contributed by atoms with Crippen molar-refractivity contribution in [1.82, 2.24) is 25.5 Å². The van der Waals surface area contributed by atoms with E-state index < -0.39 is 23.4 Å². The van der Waals surface area contributed by atoms with Crippen LogP contribution < -0.4 is 10.6 Å². The van der Waals surface area contributed by atoms with E-state index in [0.29, 0.717) is 39.0 Å². The summed E-state index contributed by atoms with van der Waals surface area (Å²) < 4.78 is 39.6. The van der Waals surface area contributed by atoms with Crippen molar-refractivity contribution in [3.8, 4) is 0 Å².